The third-order valence-electron chi connectivity index (χ3n) is 5.03. The number of hydrogen-bond donors (Lipinski definition) is 0. The standard InChI is InChI=1S/C21H19N5/c1-3-8-16(9-4-1)18-14-20(26-21(24-18)22-15-23-26)25-13-7-12-19(25)17-10-5-2-6-11-17/h1-6,8-11,14-15,19H,7,12-13H2. The van der Waals surface area contributed by atoms with Gasteiger partial charge in [-0.05, 0) is 18.4 Å². The maximum Gasteiger partial charge on any atom is 0.254 e. The summed E-state index contributed by atoms with van der Waals surface area (Å²) in [6, 6.07) is 23.5. The summed E-state index contributed by atoms with van der Waals surface area (Å²) >= 11 is 0. The van der Waals surface area contributed by atoms with Crippen molar-refractivity contribution in [2.45, 2.75) is 18.9 Å². The lowest BCUT2D eigenvalue weighted by atomic mass is 10.0. The monoisotopic (exact) mass is 341 g/mol. The predicted molar refractivity (Wildman–Crippen MR) is 102 cm³/mol. The van der Waals surface area contributed by atoms with Crippen molar-refractivity contribution >= 4 is 11.6 Å². The second-order valence-electron chi connectivity index (χ2n) is 6.60. The molecule has 5 nitrogen and oxygen atoms in total. The van der Waals surface area contributed by atoms with E-state index in [0.717, 1.165) is 30.0 Å². The van der Waals surface area contributed by atoms with Crippen molar-refractivity contribution in [3.8, 4) is 11.3 Å². The van der Waals surface area contributed by atoms with Crippen LogP contribution in [0.15, 0.2) is 73.1 Å². The minimum atomic E-state index is 0.356. The average molecular weight is 341 g/mol. The summed E-state index contributed by atoms with van der Waals surface area (Å²) in [5.41, 5.74) is 3.37. The lowest BCUT2D eigenvalue weighted by Gasteiger charge is -2.27. The van der Waals surface area contributed by atoms with Crippen molar-refractivity contribution in [1.29, 1.82) is 0 Å². The van der Waals surface area contributed by atoms with Gasteiger partial charge in [0.2, 0.25) is 0 Å². The van der Waals surface area contributed by atoms with E-state index in [1.54, 1.807) is 6.33 Å². The van der Waals surface area contributed by atoms with Crippen LogP contribution < -0.4 is 4.90 Å². The van der Waals surface area contributed by atoms with Crippen molar-refractivity contribution in [2.75, 3.05) is 11.4 Å². The first-order valence-electron chi connectivity index (χ1n) is 8.98. The maximum absolute atomic E-state index is 4.70. The molecule has 0 spiro atoms. The van der Waals surface area contributed by atoms with Crippen LogP contribution in [0, 0.1) is 0 Å². The molecule has 1 aliphatic rings. The fourth-order valence-electron chi connectivity index (χ4n) is 3.82. The van der Waals surface area contributed by atoms with Crippen molar-refractivity contribution in [2.24, 2.45) is 0 Å². The molecular formula is C21H19N5. The molecule has 26 heavy (non-hydrogen) atoms. The van der Waals surface area contributed by atoms with Crippen LogP contribution in [0.25, 0.3) is 17.0 Å². The van der Waals surface area contributed by atoms with E-state index in [1.165, 1.54) is 12.0 Å². The Morgan fingerprint density at radius 2 is 1.69 bits per heavy atom. The topological polar surface area (TPSA) is 46.3 Å². The normalized spacial score (nSPS) is 17.1. The molecule has 2 aromatic heterocycles. The van der Waals surface area contributed by atoms with Crippen LogP contribution in [-0.4, -0.2) is 26.1 Å². The molecule has 0 radical (unpaired) electrons. The first kappa shape index (κ1) is 15.1. The van der Waals surface area contributed by atoms with Gasteiger partial charge in [-0.3, -0.25) is 0 Å². The van der Waals surface area contributed by atoms with E-state index in [2.05, 4.69) is 63.5 Å². The highest BCUT2D eigenvalue weighted by atomic mass is 15.4. The van der Waals surface area contributed by atoms with E-state index in [-0.39, 0.29) is 0 Å². The van der Waals surface area contributed by atoms with Gasteiger partial charge in [-0.1, -0.05) is 60.7 Å². The van der Waals surface area contributed by atoms with E-state index in [1.807, 2.05) is 22.7 Å². The zero-order valence-corrected chi connectivity index (χ0v) is 14.4. The summed E-state index contributed by atoms with van der Waals surface area (Å²) < 4.78 is 1.85. The number of benzene rings is 2. The summed E-state index contributed by atoms with van der Waals surface area (Å²) in [5.74, 6) is 1.69. The number of fused-ring (bicyclic) bond motifs is 1. The van der Waals surface area contributed by atoms with E-state index in [0.29, 0.717) is 11.8 Å². The smallest absolute Gasteiger partial charge is 0.254 e. The zero-order chi connectivity index (χ0) is 17.3. The Bertz CT molecular complexity index is 1030. The van der Waals surface area contributed by atoms with Crippen LogP contribution in [0.4, 0.5) is 5.82 Å². The molecule has 128 valence electrons. The van der Waals surface area contributed by atoms with Crippen LogP contribution in [0.3, 0.4) is 0 Å². The van der Waals surface area contributed by atoms with Gasteiger partial charge in [-0.25, -0.2) is 4.98 Å². The van der Waals surface area contributed by atoms with Gasteiger partial charge >= 0.3 is 0 Å². The molecule has 0 bridgehead atoms. The quantitative estimate of drug-likeness (QED) is 0.562. The van der Waals surface area contributed by atoms with Gasteiger partial charge in [0.15, 0.2) is 0 Å². The predicted octanol–water partition coefficient (Wildman–Crippen LogP) is 4.13. The van der Waals surface area contributed by atoms with Gasteiger partial charge in [0.05, 0.1) is 11.7 Å². The third-order valence-corrected chi connectivity index (χ3v) is 5.03. The second kappa shape index (κ2) is 6.26. The number of rotatable bonds is 3. The molecule has 3 heterocycles. The molecule has 0 saturated carbocycles. The fourth-order valence-corrected chi connectivity index (χ4v) is 3.82. The minimum absolute atomic E-state index is 0.356. The largest absolute Gasteiger partial charge is 0.349 e. The summed E-state index contributed by atoms with van der Waals surface area (Å²) in [4.78, 5) is 11.5. The van der Waals surface area contributed by atoms with E-state index >= 15 is 0 Å². The highest BCUT2D eigenvalue weighted by Crippen LogP contribution is 2.37. The van der Waals surface area contributed by atoms with Crippen LogP contribution in [0.1, 0.15) is 24.4 Å². The van der Waals surface area contributed by atoms with Crippen molar-refractivity contribution in [3.05, 3.63) is 78.6 Å². The molecule has 1 fully saturated rings. The Kier molecular flexibility index (Phi) is 3.63. The summed E-state index contributed by atoms with van der Waals surface area (Å²) in [6.07, 6.45) is 3.89. The summed E-state index contributed by atoms with van der Waals surface area (Å²) in [5, 5.41) is 4.43. The van der Waals surface area contributed by atoms with Gasteiger partial charge in [-0.2, -0.15) is 14.6 Å². The molecule has 2 aromatic carbocycles. The highest BCUT2D eigenvalue weighted by molar-refractivity contribution is 5.66. The van der Waals surface area contributed by atoms with Crippen molar-refractivity contribution in [3.63, 3.8) is 0 Å². The Morgan fingerprint density at radius 1 is 0.923 bits per heavy atom. The Balaban J connectivity index is 1.65. The van der Waals surface area contributed by atoms with Gasteiger partial charge < -0.3 is 4.90 Å². The molecule has 0 aliphatic carbocycles. The van der Waals surface area contributed by atoms with Gasteiger partial charge in [0.25, 0.3) is 5.78 Å². The maximum atomic E-state index is 4.70. The SMILES string of the molecule is c1ccc(-c2cc(N3CCCC3c3ccccc3)n3ncnc3n2)cc1. The van der Waals surface area contributed by atoms with Gasteiger partial charge in [0, 0.05) is 18.2 Å². The molecular weight excluding hydrogens is 322 g/mol. The Hall–Kier alpha value is -3.21. The van der Waals surface area contributed by atoms with Crippen molar-refractivity contribution in [1.82, 2.24) is 19.6 Å². The fraction of sp³-hybridized carbons (Fsp3) is 0.190. The molecule has 4 aromatic rings. The third kappa shape index (κ3) is 2.52. The summed E-state index contributed by atoms with van der Waals surface area (Å²) in [6.45, 7) is 1.01. The van der Waals surface area contributed by atoms with E-state index < -0.39 is 0 Å². The van der Waals surface area contributed by atoms with E-state index in [9.17, 15) is 0 Å². The Morgan fingerprint density at radius 3 is 2.50 bits per heavy atom. The number of hydrogen-bond acceptors (Lipinski definition) is 4. The lowest BCUT2D eigenvalue weighted by molar-refractivity contribution is 0.698. The molecule has 0 amide bonds. The second-order valence-corrected chi connectivity index (χ2v) is 6.60. The van der Waals surface area contributed by atoms with E-state index in [4.69, 9.17) is 4.98 Å². The van der Waals surface area contributed by atoms with Crippen LogP contribution in [-0.2, 0) is 0 Å². The van der Waals surface area contributed by atoms with Crippen molar-refractivity contribution < 1.29 is 0 Å². The average Bonchev–Trinajstić information content (AvgIpc) is 3.38. The van der Waals surface area contributed by atoms with Crippen LogP contribution in [0.2, 0.25) is 0 Å². The van der Waals surface area contributed by atoms with Gasteiger partial charge in [-0.15, -0.1) is 0 Å². The Labute approximate surface area is 152 Å². The highest BCUT2D eigenvalue weighted by Gasteiger charge is 2.28. The number of aromatic nitrogens is 4. The molecule has 1 unspecified atom stereocenters. The zero-order valence-electron chi connectivity index (χ0n) is 14.4. The summed E-state index contributed by atoms with van der Waals surface area (Å²) in [7, 11) is 0. The molecule has 1 saturated heterocycles. The van der Waals surface area contributed by atoms with Gasteiger partial charge in [0.1, 0.15) is 12.1 Å². The minimum Gasteiger partial charge on any atom is -0.349 e. The first-order chi connectivity index (χ1) is 12.9. The van der Waals surface area contributed by atoms with Crippen LogP contribution in [0.5, 0.6) is 0 Å². The molecule has 5 heteroatoms. The molecule has 0 N–H and O–H groups in total. The number of anilines is 1. The van der Waals surface area contributed by atoms with Crippen LogP contribution >= 0.6 is 0 Å². The molecule has 1 aliphatic heterocycles. The number of nitrogens with zero attached hydrogens (tertiary/aromatic N) is 5. The lowest BCUT2D eigenvalue weighted by Crippen LogP contribution is -2.25. The molecule has 1 atom stereocenters. The molecule has 5 rings (SSSR count). The first-order valence-corrected chi connectivity index (χ1v) is 8.98.